The van der Waals surface area contributed by atoms with Gasteiger partial charge in [-0.05, 0) is 43.2 Å². The minimum atomic E-state index is -0.237. The Bertz CT molecular complexity index is 554. The highest BCUT2D eigenvalue weighted by Gasteiger charge is 2.10. The molecule has 0 aliphatic heterocycles. The largest absolute Gasteiger partial charge is 0.376 e. The molecule has 0 aliphatic carbocycles. The second kappa shape index (κ2) is 5.53. The van der Waals surface area contributed by atoms with Gasteiger partial charge in [-0.2, -0.15) is 0 Å². The molecule has 0 radical (unpaired) electrons. The molecule has 2 rings (SSSR count). The van der Waals surface area contributed by atoms with Gasteiger partial charge >= 0.3 is 0 Å². The maximum absolute atomic E-state index is 13.7. The molecule has 0 aliphatic rings. The average molecular weight is 308 g/mol. The molecule has 94 valence electrons. The van der Waals surface area contributed by atoms with E-state index >= 15 is 0 Å². The zero-order valence-electron chi connectivity index (χ0n) is 10.4. The molecule has 1 atom stereocenters. The normalized spacial score (nSPS) is 12.2. The minimum Gasteiger partial charge on any atom is -0.376 e. The van der Waals surface area contributed by atoms with Crippen LogP contribution in [-0.2, 0) is 0 Å². The summed E-state index contributed by atoms with van der Waals surface area (Å²) < 4.78 is 14.5. The minimum absolute atomic E-state index is 0.0648. The third-order valence-corrected chi connectivity index (χ3v) is 3.45. The third-order valence-electron chi connectivity index (χ3n) is 2.96. The highest BCUT2D eigenvalue weighted by Crippen LogP contribution is 2.26. The van der Waals surface area contributed by atoms with Crippen LogP contribution in [0.3, 0.4) is 0 Å². The second-order valence-electron chi connectivity index (χ2n) is 4.35. The van der Waals surface area contributed by atoms with E-state index in [1.165, 1.54) is 17.2 Å². The molecule has 0 saturated carbocycles. The van der Waals surface area contributed by atoms with E-state index in [1.807, 2.05) is 19.1 Å². The van der Waals surface area contributed by atoms with Crippen molar-refractivity contribution in [1.82, 2.24) is 0 Å². The van der Waals surface area contributed by atoms with Gasteiger partial charge in [-0.15, -0.1) is 0 Å². The number of hydrogen-bond acceptors (Lipinski definition) is 1. The summed E-state index contributed by atoms with van der Waals surface area (Å²) >= 11 is 3.35. The number of halogens is 2. The van der Waals surface area contributed by atoms with E-state index in [-0.39, 0.29) is 11.9 Å². The molecule has 3 heteroatoms. The molecule has 2 aromatic carbocycles. The zero-order valence-corrected chi connectivity index (χ0v) is 12.0. The fourth-order valence-electron chi connectivity index (χ4n) is 1.99. The van der Waals surface area contributed by atoms with Gasteiger partial charge in [0.15, 0.2) is 0 Å². The lowest BCUT2D eigenvalue weighted by Gasteiger charge is -2.18. The van der Waals surface area contributed by atoms with E-state index < -0.39 is 0 Å². The van der Waals surface area contributed by atoms with Crippen molar-refractivity contribution in [3.05, 3.63) is 63.9 Å². The van der Waals surface area contributed by atoms with Crippen LogP contribution in [0.5, 0.6) is 0 Å². The average Bonchev–Trinajstić information content (AvgIpc) is 2.34. The Balaban J connectivity index is 2.24. The van der Waals surface area contributed by atoms with Gasteiger partial charge in [-0.1, -0.05) is 40.2 Å². The summed E-state index contributed by atoms with van der Waals surface area (Å²) in [6.07, 6.45) is 0. The summed E-state index contributed by atoms with van der Waals surface area (Å²) in [5, 5.41) is 3.20. The van der Waals surface area contributed by atoms with Gasteiger partial charge in [0.25, 0.3) is 0 Å². The van der Waals surface area contributed by atoms with Crippen molar-refractivity contribution in [2.45, 2.75) is 19.9 Å². The summed E-state index contributed by atoms with van der Waals surface area (Å²) in [6.45, 7) is 4.09. The van der Waals surface area contributed by atoms with Crippen LogP contribution in [0.15, 0.2) is 46.9 Å². The van der Waals surface area contributed by atoms with Gasteiger partial charge in [0.05, 0.1) is 5.69 Å². The number of anilines is 1. The summed E-state index contributed by atoms with van der Waals surface area (Å²) in [6, 6.07) is 13.1. The highest BCUT2D eigenvalue weighted by atomic mass is 79.9. The first kappa shape index (κ1) is 13.1. The standard InChI is InChI=1S/C15H15BrFN/c1-10-5-3-4-6-13(10)11(2)18-15-9-12(16)7-8-14(15)17/h3-9,11,18H,1-2H3. The third kappa shape index (κ3) is 2.91. The summed E-state index contributed by atoms with van der Waals surface area (Å²) in [5.74, 6) is -0.237. The monoisotopic (exact) mass is 307 g/mol. The molecule has 0 bridgehead atoms. The zero-order chi connectivity index (χ0) is 13.1. The predicted octanol–water partition coefficient (Wildman–Crippen LogP) is 5.07. The SMILES string of the molecule is Cc1ccccc1C(C)Nc1cc(Br)ccc1F. The first-order valence-corrected chi connectivity index (χ1v) is 6.64. The van der Waals surface area contributed by atoms with Crippen molar-refractivity contribution < 1.29 is 4.39 Å². The molecule has 1 nitrogen and oxygen atoms in total. The van der Waals surface area contributed by atoms with Crippen molar-refractivity contribution in [2.24, 2.45) is 0 Å². The summed E-state index contributed by atoms with van der Waals surface area (Å²) in [4.78, 5) is 0. The molecule has 0 amide bonds. The Labute approximate surface area is 115 Å². The maximum atomic E-state index is 13.7. The summed E-state index contributed by atoms with van der Waals surface area (Å²) in [5.41, 5.74) is 2.89. The number of aryl methyl sites for hydroxylation is 1. The van der Waals surface area contributed by atoms with Gasteiger partial charge in [0.2, 0.25) is 0 Å². The Morgan fingerprint density at radius 1 is 1.17 bits per heavy atom. The van der Waals surface area contributed by atoms with Crippen molar-refractivity contribution in [1.29, 1.82) is 0 Å². The van der Waals surface area contributed by atoms with Crippen LogP contribution in [0.1, 0.15) is 24.1 Å². The topological polar surface area (TPSA) is 12.0 Å². The van der Waals surface area contributed by atoms with E-state index in [4.69, 9.17) is 0 Å². The number of hydrogen-bond donors (Lipinski definition) is 1. The quantitative estimate of drug-likeness (QED) is 0.834. The fourth-order valence-corrected chi connectivity index (χ4v) is 2.35. The molecule has 0 saturated heterocycles. The first-order chi connectivity index (χ1) is 8.58. The van der Waals surface area contributed by atoms with Crippen LogP contribution in [0.2, 0.25) is 0 Å². The van der Waals surface area contributed by atoms with Crippen molar-refractivity contribution in [3.8, 4) is 0 Å². The van der Waals surface area contributed by atoms with E-state index in [1.54, 1.807) is 12.1 Å². The van der Waals surface area contributed by atoms with Crippen LogP contribution in [0.25, 0.3) is 0 Å². The summed E-state index contributed by atoms with van der Waals surface area (Å²) in [7, 11) is 0. The van der Waals surface area contributed by atoms with Gasteiger partial charge in [0.1, 0.15) is 5.82 Å². The van der Waals surface area contributed by atoms with Crippen molar-refractivity contribution >= 4 is 21.6 Å². The van der Waals surface area contributed by atoms with E-state index in [0.717, 1.165) is 4.47 Å². The van der Waals surface area contributed by atoms with Crippen LogP contribution >= 0.6 is 15.9 Å². The second-order valence-corrected chi connectivity index (χ2v) is 5.26. The maximum Gasteiger partial charge on any atom is 0.146 e. The van der Waals surface area contributed by atoms with Crippen molar-refractivity contribution in [3.63, 3.8) is 0 Å². The first-order valence-electron chi connectivity index (χ1n) is 5.85. The lowest BCUT2D eigenvalue weighted by molar-refractivity contribution is 0.627. The van der Waals surface area contributed by atoms with Crippen LogP contribution in [-0.4, -0.2) is 0 Å². The van der Waals surface area contributed by atoms with Crippen LogP contribution < -0.4 is 5.32 Å². The Kier molecular flexibility index (Phi) is 4.02. The van der Waals surface area contributed by atoms with E-state index in [2.05, 4.69) is 40.3 Å². The molecule has 0 spiro atoms. The Morgan fingerprint density at radius 3 is 2.61 bits per heavy atom. The lowest BCUT2D eigenvalue weighted by atomic mass is 10.0. The molecular formula is C15H15BrFN. The Morgan fingerprint density at radius 2 is 1.89 bits per heavy atom. The number of rotatable bonds is 3. The molecule has 0 aromatic heterocycles. The molecule has 0 fully saturated rings. The Hall–Kier alpha value is -1.35. The smallest absolute Gasteiger partial charge is 0.146 e. The molecule has 0 heterocycles. The molecule has 1 N–H and O–H groups in total. The van der Waals surface area contributed by atoms with Gasteiger partial charge in [0, 0.05) is 10.5 Å². The predicted molar refractivity (Wildman–Crippen MR) is 77.3 cm³/mol. The fraction of sp³-hybridized carbons (Fsp3) is 0.200. The van der Waals surface area contributed by atoms with Crippen molar-refractivity contribution in [2.75, 3.05) is 5.32 Å². The molecule has 18 heavy (non-hydrogen) atoms. The molecular weight excluding hydrogens is 293 g/mol. The van der Waals surface area contributed by atoms with Crippen LogP contribution in [0.4, 0.5) is 10.1 Å². The lowest BCUT2D eigenvalue weighted by Crippen LogP contribution is -2.09. The molecule has 2 aromatic rings. The van der Waals surface area contributed by atoms with Crippen LogP contribution in [0, 0.1) is 12.7 Å². The number of nitrogens with one attached hydrogen (secondary N) is 1. The van der Waals surface area contributed by atoms with Gasteiger partial charge in [-0.3, -0.25) is 0 Å². The molecule has 1 unspecified atom stereocenters. The van der Waals surface area contributed by atoms with Gasteiger partial charge < -0.3 is 5.32 Å². The van der Waals surface area contributed by atoms with Gasteiger partial charge in [-0.25, -0.2) is 4.39 Å². The van der Waals surface area contributed by atoms with E-state index in [0.29, 0.717) is 5.69 Å². The van der Waals surface area contributed by atoms with E-state index in [9.17, 15) is 4.39 Å². The number of benzene rings is 2. The highest BCUT2D eigenvalue weighted by molar-refractivity contribution is 9.10.